The van der Waals surface area contributed by atoms with Crippen LogP contribution >= 0.6 is 0 Å². The fraction of sp³-hybridized carbons (Fsp3) is 0.462. The van der Waals surface area contributed by atoms with Crippen molar-refractivity contribution in [3.8, 4) is 0 Å². The smallest absolute Gasteiger partial charge is 0.308 e. The molecule has 0 fully saturated rings. The first-order valence-electron chi connectivity index (χ1n) is 6.16. The molecular weight excluding hydrogens is 266 g/mol. The summed E-state index contributed by atoms with van der Waals surface area (Å²) < 4.78 is 23.6. The van der Waals surface area contributed by atoms with Crippen molar-refractivity contribution < 1.29 is 18.3 Å². The van der Waals surface area contributed by atoms with Crippen molar-refractivity contribution in [3.63, 3.8) is 0 Å². The predicted molar refractivity (Wildman–Crippen MR) is 74.1 cm³/mol. The first-order chi connectivity index (χ1) is 8.86. The number of anilines is 1. The summed E-state index contributed by atoms with van der Waals surface area (Å²) in [7, 11) is -3.19. The van der Waals surface area contributed by atoms with Gasteiger partial charge in [0.1, 0.15) is 0 Å². The first-order valence-corrected chi connectivity index (χ1v) is 7.81. The van der Waals surface area contributed by atoms with Gasteiger partial charge in [0.05, 0.1) is 16.6 Å². The number of aliphatic carboxylic acids is 1. The minimum atomic E-state index is -3.19. The molecular formula is C13H19NO4S. The van der Waals surface area contributed by atoms with Crippen molar-refractivity contribution in [1.29, 1.82) is 0 Å². The van der Waals surface area contributed by atoms with Crippen molar-refractivity contribution in [2.75, 3.05) is 17.6 Å². The number of nitrogens with one attached hydrogen (secondary N) is 1. The molecule has 1 rings (SSSR count). The molecule has 106 valence electrons. The van der Waals surface area contributed by atoms with E-state index in [0.717, 1.165) is 0 Å². The van der Waals surface area contributed by atoms with E-state index in [4.69, 9.17) is 5.11 Å². The topological polar surface area (TPSA) is 83.5 Å². The summed E-state index contributed by atoms with van der Waals surface area (Å²) in [6, 6.07) is 6.38. The van der Waals surface area contributed by atoms with Crippen LogP contribution in [0.5, 0.6) is 0 Å². The molecule has 1 atom stereocenters. The van der Waals surface area contributed by atoms with Gasteiger partial charge in [0.2, 0.25) is 0 Å². The van der Waals surface area contributed by atoms with Gasteiger partial charge in [0.25, 0.3) is 0 Å². The number of rotatable bonds is 7. The van der Waals surface area contributed by atoms with Gasteiger partial charge in [0, 0.05) is 12.2 Å². The van der Waals surface area contributed by atoms with Crippen LogP contribution < -0.4 is 5.32 Å². The monoisotopic (exact) mass is 285 g/mol. The van der Waals surface area contributed by atoms with E-state index in [9.17, 15) is 13.2 Å². The average molecular weight is 285 g/mol. The Morgan fingerprint density at radius 3 is 2.37 bits per heavy atom. The number of sulfone groups is 1. The second-order valence-electron chi connectivity index (χ2n) is 4.46. The maximum atomic E-state index is 11.8. The molecule has 0 aliphatic rings. The molecule has 5 nitrogen and oxygen atoms in total. The predicted octanol–water partition coefficient (Wildman–Crippen LogP) is 2.00. The number of hydrogen-bond acceptors (Lipinski definition) is 4. The second-order valence-corrected chi connectivity index (χ2v) is 6.57. The van der Waals surface area contributed by atoms with Gasteiger partial charge < -0.3 is 10.4 Å². The molecule has 0 saturated heterocycles. The Labute approximate surface area is 113 Å². The number of carboxylic acids is 1. The summed E-state index contributed by atoms with van der Waals surface area (Å²) in [6.07, 6.45) is 0.582. The SMILES string of the molecule is CCCS(=O)(=O)c1ccc(NCC(C)C(=O)O)cc1. The van der Waals surface area contributed by atoms with Crippen LogP contribution in [0.15, 0.2) is 29.2 Å². The van der Waals surface area contributed by atoms with E-state index in [1.54, 1.807) is 31.2 Å². The van der Waals surface area contributed by atoms with Crippen LogP contribution in [0.2, 0.25) is 0 Å². The highest BCUT2D eigenvalue weighted by atomic mass is 32.2. The summed E-state index contributed by atoms with van der Waals surface area (Å²) >= 11 is 0. The molecule has 0 aliphatic carbocycles. The van der Waals surface area contributed by atoms with E-state index in [1.807, 2.05) is 6.92 Å². The Hall–Kier alpha value is -1.56. The largest absolute Gasteiger partial charge is 0.481 e. The van der Waals surface area contributed by atoms with Gasteiger partial charge in [-0.25, -0.2) is 8.42 Å². The van der Waals surface area contributed by atoms with E-state index >= 15 is 0 Å². The Balaban J connectivity index is 2.69. The Morgan fingerprint density at radius 1 is 1.32 bits per heavy atom. The summed E-state index contributed by atoms with van der Waals surface area (Å²) in [5.41, 5.74) is 0.712. The van der Waals surface area contributed by atoms with Crippen LogP contribution in [-0.2, 0) is 14.6 Å². The highest BCUT2D eigenvalue weighted by Crippen LogP contribution is 2.16. The van der Waals surface area contributed by atoms with Gasteiger partial charge in [-0.1, -0.05) is 13.8 Å². The molecule has 0 amide bonds. The lowest BCUT2D eigenvalue weighted by molar-refractivity contribution is -0.140. The standard InChI is InChI=1S/C13H19NO4S/c1-3-8-19(17,18)12-6-4-11(5-7-12)14-9-10(2)13(15)16/h4-7,10,14H,3,8-9H2,1-2H3,(H,15,16). The normalized spacial score (nSPS) is 12.9. The summed E-state index contributed by atoms with van der Waals surface area (Å²) in [4.78, 5) is 11.0. The van der Waals surface area contributed by atoms with Crippen LogP contribution in [0.4, 0.5) is 5.69 Å². The zero-order chi connectivity index (χ0) is 14.5. The fourth-order valence-electron chi connectivity index (χ4n) is 1.52. The van der Waals surface area contributed by atoms with Gasteiger partial charge in [-0.05, 0) is 30.7 Å². The molecule has 0 aromatic heterocycles. The van der Waals surface area contributed by atoms with Crippen LogP contribution in [0, 0.1) is 5.92 Å². The Bertz CT molecular complexity index is 522. The molecule has 0 heterocycles. The van der Waals surface area contributed by atoms with Crippen molar-refractivity contribution in [2.24, 2.45) is 5.92 Å². The van der Waals surface area contributed by atoms with Gasteiger partial charge in [-0.15, -0.1) is 0 Å². The Morgan fingerprint density at radius 2 is 1.89 bits per heavy atom. The zero-order valence-electron chi connectivity index (χ0n) is 11.1. The van der Waals surface area contributed by atoms with Crippen LogP contribution in [-0.4, -0.2) is 31.8 Å². The third-order valence-electron chi connectivity index (χ3n) is 2.72. The maximum absolute atomic E-state index is 11.8. The minimum Gasteiger partial charge on any atom is -0.481 e. The van der Waals surface area contributed by atoms with E-state index in [-0.39, 0.29) is 5.75 Å². The van der Waals surface area contributed by atoms with Crippen molar-refractivity contribution in [3.05, 3.63) is 24.3 Å². The van der Waals surface area contributed by atoms with Gasteiger partial charge in [0.15, 0.2) is 9.84 Å². The molecule has 6 heteroatoms. The van der Waals surface area contributed by atoms with E-state index in [2.05, 4.69) is 5.32 Å². The summed E-state index contributed by atoms with van der Waals surface area (Å²) in [5.74, 6) is -1.23. The molecule has 0 radical (unpaired) electrons. The minimum absolute atomic E-state index is 0.135. The first kappa shape index (κ1) is 15.5. The summed E-state index contributed by atoms with van der Waals surface area (Å²) in [6.45, 7) is 3.73. The highest BCUT2D eigenvalue weighted by Gasteiger charge is 2.13. The van der Waals surface area contributed by atoms with Gasteiger partial charge in [-0.3, -0.25) is 4.79 Å². The molecule has 1 aromatic carbocycles. The molecule has 1 aromatic rings. The van der Waals surface area contributed by atoms with E-state index in [0.29, 0.717) is 23.5 Å². The Kier molecular flexibility index (Phi) is 5.35. The van der Waals surface area contributed by atoms with Gasteiger partial charge >= 0.3 is 5.97 Å². The average Bonchev–Trinajstić information content (AvgIpc) is 2.36. The van der Waals surface area contributed by atoms with E-state index < -0.39 is 21.7 Å². The van der Waals surface area contributed by atoms with Crippen LogP contribution in [0.1, 0.15) is 20.3 Å². The van der Waals surface area contributed by atoms with Crippen LogP contribution in [0.25, 0.3) is 0 Å². The number of benzene rings is 1. The number of hydrogen-bond donors (Lipinski definition) is 2. The molecule has 1 unspecified atom stereocenters. The van der Waals surface area contributed by atoms with Crippen molar-refractivity contribution in [2.45, 2.75) is 25.2 Å². The molecule has 0 saturated carbocycles. The van der Waals surface area contributed by atoms with Crippen LogP contribution in [0.3, 0.4) is 0 Å². The molecule has 0 aliphatic heterocycles. The number of carboxylic acid groups (broad SMARTS) is 1. The molecule has 19 heavy (non-hydrogen) atoms. The van der Waals surface area contributed by atoms with Crippen molar-refractivity contribution in [1.82, 2.24) is 0 Å². The lowest BCUT2D eigenvalue weighted by Gasteiger charge is -2.10. The van der Waals surface area contributed by atoms with Gasteiger partial charge in [-0.2, -0.15) is 0 Å². The highest BCUT2D eigenvalue weighted by molar-refractivity contribution is 7.91. The fourth-order valence-corrected chi connectivity index (χ4v) is 2.85. The molecule has 0 spiro atoms. The second kappa shape index (κ2) is 6.56. The third kappa shape index (κ3) is 4.55. The lowest BCUT2D eigenvalue weighted by Crippen LogP contribution is -2.19. The van der Waals surface area contributed by atoms with E-state index in [1.165, 1.54) is 0 Å². The lowest BCUT2D eigenvalue weighted by atomic mass is 10.2. The number of carbonyl (C=O) groups is 1. The third-order valence-corrected chi connectivity index (χ3v) is 4.66. The quantitative estimate of drug-likeness (QED) is 0.800. The molecule has 2 N–H and O–H groups in total. The van der Waals surface area contributed by atoms with Crippen molar-refractivity contribution >= 4 is 21.5 Å². The molecule has 0 bridgehead atoms. The maximum Gasteiger partial charge on any atom is 0.308 e. The zero-order valence-corrected chi connectivity index (χ0v) is 11.9. The summed E-state index contributed by atoms with van der Waals surface area (Å²) in [5, 5.41) is 11.7.